The van der Waals surface area contributed by atoms with Gasteiger partial charge in [0.25, 0.3) is 0 Å². The van der Waals surface area contributed by atoms with Crippen molar-refractivity contribution < 1.29 is 14.3 Å². The van der Waals surface area contributed by atoms with Gasteiger partial charge in [-0.25, -0.2) is 4.98 Å². The number of ether oxygens (including phenoxy) is 2. The van der Waals surface area contributed by atoms with Gasteiger partial charge in [-0.05, 0) is 35.7 Å². The summed E-state index contributed by atoms with van der Waals surface area (Å²) in [5.74, 6) is 2.06. The third-order valence-electron chi connectivity index (χ3n) is 5.08. The number of hydrogen-bond acceptors (Lipinski definition) is 4. The van der Waals surface area contributed by atoms with Crippen molar-refractivity contribution in [1.82, 2.24) is 14.9 Å². The van der Waals surface area contributed by atoms with Gasteiger partial charge in [-0.3, -0.25) is 4.79 Å². The molecular formula is C22H23N3O3. The van der Waals surface area contributed by atoms with Crippen molar-refractivity contribution in [2.45, 2.75) is 12.5 Å². The molecule has 144 valence electrons. The van der Waals surface area contributed by atoms with Gasteiger partial charge in [0.15, 0.2) is 0 Å². The maximum atomic E-state index is 13.1. The van der Waals surface area contributed by atoms with Crippen molar-refractivity contribution in [3.8, 4) is 11.5 Å². The van der Waals surface area contributed by atoms with Crippen molar-refractivity contribution in [3.63, 3.8) is 0 Å². The molecule has 6 heteroatoms. The number of nitrogens with one attached hydrogen (secondary N) is 1. The number of methoxy groups -OCH3 is 1. The highest BCUT2D eigenvalue weighted by atomic mass is 16.5. The minimum Gasteiger partial charge on any atom is -0.497 e. The van der Waals surface area contributed by atoms with Gasteiger partial charge < -0.3 is 19.4 Å². The number of fused-ring (bicyclic) bond motifs is 1. The van der Waals surface area contributed by atoms with E-state index in [-0.39, 0.29) is 17.9 Å². The molecule has 0 spiro atoms. The Labute approximate surface area is 164 Å². The Bertz CT molecular complexity index is 982. The molecule has 1 aromatic heterocycles. The molecule has 2 unspecified atom stereocenters. The summed E-state index contributed by atoms with van der Waals surface area (Å²) < 4.78 is 13.1. The van der Waals surface area contributed by atoms with Crippen LogP contribution in [0.15, 0.2) is 60.9 Å². The van der Waals surface area contributed by atoms with E-state index in [1.807, 2.05) is 66.3 Å². The maximum Gasteiger partial charge on any atom is 0.227 e. The molecule has 0 radical (unpaired) electrons. The fraction of sp³-hybridized carbons (Fsp3) is 0.273. The summed E-state index contributed by atoms with van der Waals surface area (Å²) in [6.07, 6.45) is 4.26. The Hall–Kier alpha value is -3.28. The number of para-hydroxylation sites is 1. The van der Waals surface area contributed by atoms with Gasteiger partial charge in [-0.15, -0.1) is 0 Å². The normalized spacial score (nSPS) is 16.6. The predicted octanol–water partition coefficient (Wildman–Crippen LogP) is 2.89. The Morgan fingerprint density at radius 1 is 1.29 bits per heavy atom. The molecule has 2 heterocycles. The minimum absolute atomic E-state index is 0.0506. The van der Waals surface area contributed by atoms with Crippen LogP contribution in [0.1, 0.15) is 23.0 Å². The molecule has 1 aliphatic rings. The molecule has 1 aliphatic heterocycles. The van der Waals surface area contributed by atoms with Crippen LogP contribution in [0.4, 0.5) is 0 Å². The van der Waals surface area contributed by atoms with Crippen molar-refractivity contribution in [2.75, 3.05) is 13.7 Å². The van der Waals surface area contributed by atoms with Gasteiger partial charge in [0.1, 0.15) is 30.0 Å². The lowest BCUT2D eigenvalue weighted by Gasteiger charge is -2.27. The number of nitrogens with zero attached hydrogens (tertiary/aromatic N) is 2. The number of amides is 1. The van der Waals surface area contributed by atoms with E-state index in [4.69, 9.17) is 9.47 Å². The zero-order valence-corrected chi connectivity index (χ0v) is 16.0. The van der Waals surface area contributed by atoms with Crippen LogP contribution < -0.4 is 14.8 Å². The van der Waals surface area contributed by atoms with Gasteiger partial charge >= 0.3 is 0 Å². The van der Waals surface area contributed by atoms with E-state index >= 15 is 0 Å². The van der Waals surface area contributed by atoms with Crippen molar-refractivity contribution in [3.05, 3.63) is 77.9 Å². The third kappa shape index (κ3) is 3.58. The fourth-order valence-corrected chi connectivity index (χ4v) is 3.53. The summed E-state index contributed by atoms with van der Waals surface area (Å²) in [6, 6.07) is 15.2. The van der Waals surface area contributed by atoms with E-state index in [1.54, 1.807) is 13.3 Å². The van der Waals surface area contributed by atoms with Crippen LogP contribution in [-0.2, 0) is 18.3 Å². The number of rotatable bonds is 5. The van der Waals surface area contributed by atoms with E-state index in [9.17, 15) is 4.79 Å². The van der Waals surface area contributed by atoms with Crippen LogP contribution in [0.3, 0.4) is 0 Å². The monoisotopic (exact) mass is 377 g/mol. The lowest BCUT2D eigenvalue weighted by molar-refractivity contribution is -0.126. The average Bonchev–Trinajstić information content (AvgIpc) is 3.17. The molecule has 0 saturated heterocycles. The van der Waals surface area contributed by atoms with Gasteiger partial charge in [-0.1, -0.05) is 30.3 Å². The molecule has 4 rings (SSSR count). The number of aryl methyl sites for hydroxylation is 1. The fourth-order valence-electron chi connectivity index (χ4n) is 3.53. The van der Waals surface area contributed by atoms with Crippen LogP contribution >= 0.6 is 0 Å². The predicted molar refractivity (Wildman–Crippen MR) is 105 cm³/mol. The number of aromatic nitrogens is 2. The molecule has 28 heavy (non-hydrogen) atoms. The van der Waals surface area contributed by atoms with Gasteiger partial charge in [0.05, 0.1) is 13.0 Å². The largest absolute Gasteiger partial charge is 0.497 e. The second kappa shape index (κ2) is 7.76. The topological polar surface area (TPSA) is 65.4 Å². The molecule has 1 amide bonds. The molecule has 2 atom stereocenters. The molecule has 2 aromatic carbocycles. The summed E-state index contributed by atoms with van der Waals surface area (Å²) >= 11 is 0. The summed E-state index contributed by atoms with van der Waals surface area (Å²) in [7, 11) is 3.55. The molecule has 0 bridgehead atoms. The Morgan fingerprint density at radius 3 is 2.93 bits per heavy atom. The zero-order chi connectivity index (χ0) is 19.5. The lowest BCUT2D eigenvalue weighted by atomic mass is 9.95. The van der Waals surface area contributed by atoms with Crippen molar-refractivity contribution >= 4 is 5.91 Å². The number of imidazole rings is 1. The molecule has 0 fully saturated rings. The smallest absolute Gasteiger partial charge is 0.227 e. The minimum atomic E-state index is -0.375. The standard InChI is InChI=1S/C22H23N3O3/c1-25-11-10-23-21(25)20(16-7-5-8-18(13-16)27-2)24-22(26)17-12-15-6-3-4-9-19(15)28-14-17/h3-11,13,17,20H,12,14H2,1-2H3,(H,24,26). The second-order valence-corrected chi connectivity index (χ2v) is 6.93. The van der Waals surface area contributed by atoms with Crippen LogP contribution in [0.5, 0.6) is 11.5 Å². The molecule has 0 aliphatic carbocycles. The van der Waals surface area contributed by atoms with Gasteiger partial charge in [-0.2, -0.15) is 0 Å². The van der Waals surface area contributed by atoms with E-state index in [0.717, 1.165) is 28.5 Å². The maximum absolute atomic E-state index is 13.1. The number of carbonyl (C=O) groups is 1. The first kappa shape index (κ1) is 18.1. The number of hydrogen-bond donors (Lipinski definition) is 1. The van der Waals surface area contributed by atoms with E-state index in [2.05, 4.69) is 10.3 Å². The molecule has 1 N–H and O–H groups in total. The van der Waals surface area contributed by atoms with E-state index < -0.39 is 0 Å². The molecule has 6 nitrogen and oxygen atoms in total. The molecular weight excluding hydrogens is 354 g/mol. The Balaban J connectivity index is 1.59. The summed E-state index contributed by atoms with van der Waals surface area (Å²) in [4.78, 5) is 17.6. The summed E-state index contributed by atoms with van der Waals surface area (Å²) in [6.45, 7) is 0.369. The Morgan fingerprint density at radius 2 is 2.14 bits per heavy atom. The SMILES string of the molecule is COc1cccc(C(NC(=O)C2COc3ccccc3C2)c2nccn2C)c1. The average molecular weight is 377 g/mol. The second-order valence-electron chi connectivity index (χ2n) is 6.93. The lowest BCUT2D eigenvalue weighted by Crippen LogP contribution is -2.40. The highest BCUT2D eigenvalue weighted by molar-refractivity contribution is 5.80. The van der Waals surface area contributed by atoms with Crippen molar-refractivity contribution in [1.29, 1.82) is 0 Å². The van der Waals surface area contributed by atoms with Gasteiger partial charge in [0, 0.05) is 19.4 Å². The highest BCUT2D eigenvalue weighted by Crippen LogP contribution is 2.29. The van der Waals surface area contributed by atoms with Crippen LogP contribution in [-0.4, -0.2) is 29.2 Å². The van der Waals surface area contributed by atoms with E-state index in [0.29, 0.717) is 13.0 Å². The highest BCUT2D eigenvalue weighted by Gasteiger charge is 2.29. The summed E-state index contributed by atoms with van der Waals surface area (Å²) in [5.41, 5.74) is 1.97. The van der Waals surface area contributed by atoms with Gasteiger partial charge in [0.2, 0.25) is 5.91 Å². The van der Waals surface area contributed by atoms with Crippen LogP contribution in [0.2, 0.25) is 0 Å². The summed E-state index contributed by atoms with van der Waals surface area (Å²) in [5, 5.41) is 3.17. The third-order valence-corrected chi connectivity index (χ3v) is 5.08. The first-order valence-corrected chi connectivity index (χ1v) is 9.28. The van der Waals surface area contributed by atoms with Crippen LogP contribution in [0, 0.1) is 5.92 Å². The molecule has 0 saturated carbocycles. The van der Waals surface area contributed by atoms with E-state index in [1.165, 1.54) is 0 Å². The first-order chi connectivity index (χ1) is 13.7. The van der Waals surface area contributed by atoms with Crippen LogP contribution in [0.25, 0.3) is 0 Å². The molecule has 3 aromatic rings. The quantitative estimate of drug-likeness (QED) is 0.743. The number of carbonyl (C=O) groups excluding carboxylic acids is 1. The van der Waals surface area contributed by atoms with Crippen molar-refractivity contribution in [2.24, 2.45) is 13.0 Å². The number of benzene rings is 2. The first-order valence-electron chi connectivity index (χ1n) is 9.28. The Kier molecular flexibility index (Phi) is 5.02. The zero-order valence-electron chi connectivity index (χ0n) is 16.0.